The third-order valence-corrected chi connectivity index (χ3v) is 3.02. The monoisotopic (exact) mass is 253 g/mol. The van der Waals surface area contributed by atoms with Crippen LogP contribution in [-0.4, -0.2) is 43.7 Å². The molecular weight excluding hydrogens is 238 g/mol. The highest BCUT2D eigenvalue weighted by Gasteiger charge is 2.14. The fourth-order valence-electron chi connectivity index (χ4n) is 1.28. The summed E-state index contributed by atoms with van der Waals surface area (Å²) in [5.41, 5.74) is 0.564. The van der Waals surface area contributed by atoms with Crippen molar-refractivity contribution in [2.45, 2.75) is 4.90 Å². The van der Waals surface area contributed by atoms with Gasteiger partial charge >= 0.3 is 5.97 Å². The zero-order valence-electron chi connectivity index (χ0n) is 10.1. The van der Waals surface area contributed by atoms with E-state index in [9.17, 15) is 9.59 Å². The maximum absolute atomic E-state index is 11.9. The first-order valence-electron chi connectivity index (χ1n) is 5.04. The van der Waals surface area contributed by atoms with Crippen LogP contribution < -0.4 is 0 Å². The fourth-order valence-corrected chi connectivity index (χ4v) is 1.69. The first-order valence-corrected chi connectivity index (χ1v) is 6.27. The molecule has 0 bridgehead atoms. The number of hydrogen-bond acceptors (Lipinski definition) is 4. The molecule has 1 aromatic carbocycles. The summed E-state index contributed by atoms with van der Waals surface area (Å²) in [4.78, 5) is 25.4. The number of rotatable bonds is 4. The van der Waals surface area contributed by atoms with Crippen LogP contribution in [0.1, 0.15) is 10.4 Å². The van der Waals surface area contributed by atoms with Crippen molar-refractivity contribution >= 4 is 23.6 Å². The number of likely N-dealkylation sites (N-methyl/N-ethyl adjacent to an activating group) is 1. The van der Waals surface area contributed by atoms with E-state index in [4.69, 9.17) is 0 Å². The highest BCUT2D eigenvalue weighted by Crippen LogP contribution is 2.15. The summed E-state index contributed by atoms with van der Waals surface area (Å²) in [5, 5.41) is 0. The Bertz CT molecular complexity index is 403. The van der Waals surface area contributed by atoms with Crippen LogP contribution in [0.5, 0.6) is 0 Å². The zero-order chi connectivity index (χ0) is 12.8. The van der Waals surface area contributed by atoms with Gasteiger partial charge in [0, 0.05) is 17.5 Å². The van der Waals surface area contributed by atoms with Gasteiger partial charge < -0.3 is 9.64 Å². The van der Waals surface area contributed by atoms with Crippen molar-refractivity contribution in [1.82, 2.24) is 4.90 Å². The van der Waals surface area contributed by atoms with Crippen LogP contribution in [0.4, 0.5) is 0 Å². The van der Waals surface area contributed by atoms with Gasteiger partial charge in [-0.05, 0) is 30.5 Å². The zero-order valence-corrected chi connectivity index (χ0v) is 10.9. The molecule has 0 radical (unpaired) electrons. The number of carbonyl (C=O) groups excluding carboxylic acids is 2. The Balaban J connectivity index is 2.71. The fraction of sp³-hybridized carbons (Fsp3) is 0.333. The van der Waals surface area contributed by atoms with E-state index in [0.29, 0.717) is 5.56 Å². The second-order valence-electron chi connectivity index (χ2n) is 3.47. The van der Waals surface area contributed by atoms with Gasteiger partial charge in [0.1, 0.15) is 6.54 Å². The maximum Gasteiger partial charge on any atom is 0.325 e. The summed E-state index contributed by atoms with van der Waals surface area (Å²) in [6, 6.07) is 7.26. The minimum absolute atomic E-state index is 0.0421. The number of ether oxygens (including phenoxy) is 1. The van der Waals surface area contributed by atoms with Gasteiger partial charge in [0.25, 0.3) is 5.91 Å². The van der Waals surface area contributed by atoms with E-state index in [1.807, 2.05) is 18.4 Å². The Hall–Kier alpha value is -1.49. The molecule has 5 heteroatoms. The molecule has 1 aromatic rings. The average Bonchev–Trinajstić information content (AvgIpc) is 2.37. The lowest BCUT2D eigenvalue weighted by atomic mass is 10.2. The summed E-state index contributed by atoms with van der Waals surface area (Å²) < 4.78 is 4.51. The van der Waals surface area contributed by atoms with E-state index in [1.54, 1.807) is 30.9 Å². The second-order valence-corrected chi connectivity index (χ2v) is 4.35. The third kappa shape index (κ3) is 3.78. The van der Waals surface area contributed by atoms with Crippen LogP contribution in [0.3, 0.4) is 0 Å². The Kier molecular flexibility index (Phi) is 5.03. The van der Waals surface area contributed by atoms with Gasteiger partial charge in [0.2, 0.25) is 0 Å². The predicted molar refractivity (Wildman–Crippen MR) is 67.2 cm³/mol. The lowest BCUT2D eigenvalue weighted by Crippen LogP contribution is -2.32. The number of nitrogens with zero attached hydrogens (tertiary/aromatic N) is 1. The molecule has 0 fully saturated rings. The molecule has 0 aliphatic carbocycles. The molecule has 0 unspecified atom stereocenters. The molecule has 1 rings (SSSR count). The van der Waals surface area contributed by atoms with Crippen molar-refractivity contribution in [1.29, 1.82) is 0 Å². The Morgan fingerprint density at radius 2 is 1.88 bits per heavy atom. The highest BCUT2D eigenvalue weighted by molar-refractivity contribution is 7.98. The van der Waals surface area contributed by atoms with Crippen LogP contribution in [0.15, 0.2) is 29.2 Å². The molecule has 0 aromatic heterocycles. The first kappa shape index (κ1) is 13.6. The molecule has 4 nitrogen and oxygen atoms in total. The summed E-state index contributed by atoms with van der Waals surface area (Å²) >= 11 is 1.61. The number of esters is 1. The summed E-state index contributed by atoms with van der Waals surface area (Å²) in [5.74, 6) is -0.621. The Morgan fingerprint density at radius 3 is 2.35 bits per heavy atom. The number of amides is 1. The molecule has 0 aliphatic heterocycles. The first-order chi connectivity index (χ1) is 8.08. The Morgan fingerprint density at radius 1 is 1.29 bits per heavy atom. The van der Waals surface area contributed by atoms with Crippen LogP contribution in [-0.2, 0) is 9.53 Å². The van der Waals surface area contributed by atoms with Gasteiger partial charge in [0.15, 0.2) is 0 Å². The van der Waals surface area contributed by atoms with Gasteiger partial charge in [-0.3, -0.25) is 9.59 Å². The van der Waals surface area contributed by atoms with E-state index in [2.05, 4.69) is 4.74 Å². The quantitative estimate of drug-likeness (QED) is 0.604. The van der Waals surface area contributed by atoms with Crippen molar-refractivity contribution in [2.24, 2.45) is 0 Å². The average molecular weight is 253 g/mol. The lowest BCUT2D eigenvalue weighted by Gasteiger charge is -2.15. The van der Waals surface area contributed by atoms with Crippen molar-refractivity contribution < 1.29 is 14.3 Å². The summed E-state index contributed by atoms with van der Waals surface area (Å²) in [6.45, 7) is -0.0421. The number of thioether (sulfide) groups is 1. The third-order valence-electron chi connectivity index (χ3n) is 2.28. The van der Waals surface area contributed by atoms with E-state index < -0.39 is 5.97 Å². The summed E-state index contributed by atoms with van der Waals surface area (Å²) in [6.07, 6.45) is 1.97. The maximum atomic E-state index is 11.9. The molecule has 0 saturated heterocycles. The van der Waals surface area contributed by atoms with Gasteiger partial charge in [-0.1, -0.05) is 0 Å². The molecule has 0 spiro atoms. The molecule has 0 atom stereocenters. The Labute approximate surface area is 105 Å². The number of benzene rings is 1. The second kappa shape index (κ2) is 6.30. The molecule has 17 heavy (non-hydrogen) atoms. The van der Waals surface area contributed by atoms with E-state index in [-0.39, 0.29) is 12.5 Å². The van der Waals surface area contributed by atoms with E-state index >= 15 is 0 Å². The van der Waals surface area contributed by atoms with Crippen LogP contribution >= 0.6 is 11.8 Å². The van der Waals surface area contributed by atoms with Crippen molar-refractivity contribution in [2.75, 3.05) is 27.0 Å². The molecule has 1 amide bonds. The van der Waals surface area contributed by atoms with E-state index in [0.717, 1.165) is 4.90 Å². The molecule has 0 saturated carbocycles. The largest absolute Gasteiger partial charge is 0.468 e. The van der Waals surface area contributed by atoms with Crippen molar-refractivity contribution in [3.8, 4) is 0 Å². The SMILES string of the molecule is COC(=O)CN(C)C(=O)c1ccc(SC)cc1. The molecule has 0 heterocycles. The van der Waals surface area contributed by atoms with Crippen LogP contribution in [0, 0.1) is 0 Å². The normalized spacial score (nSPS) is 9.82. The number of methoxy groups -OCH3 is 1. The van der Waals surface area contributed by atoms with Gasteiger partial charge in [-0.2, -0.15) is 0 Å². The molecule has 92 valence electrons. The van der Waals surface area contributed by atoms with Crippen LogP contribution in [0.25, 0.3) is 0 Å². The minimum atomic E-state index is -0.429. The number of hydrogen-bond donors (Lipinski definition) is 0. The topological polar surface area (TPSA) is 46.6 Å². The molecule has 0 N–H and O–H groups in total. The van der Waals surface area contributed by atoms with Crippen LogP contribution in [0.2, 0.25) is 0 Å². The lowest BCUT2D eigenvalue weighted by molar-refractivity contribution is -0.141. The van der Waals surface area contributed by atoms with Crippen molar-refractivity contribution in [3.05, 3.63) is 29.8 Å². The number of carbonyl (C=O) groups is 2. The smallest absolute Gasteiger partial charge is 0.325 e. The molecule has 0 aliphatic rings. The highest BCUT2D eigenvalue weighted by atomic mass is 32.2. The van der Waals surface area contributed by atoms with Gasteiger partial charge in [-0.25, -0.2) is 0 Å². The molecular formula is C12H15NO3S. The van der Waals surface area contributed by atoms with Crippen molar-refractivity contribution in [3.63, 3.8) is 0 Å². The predicted octanol–water partition coefficient (Wildman–Crippen LogP) is 1.65. The van der Waals surface area contributed by atoms with E-state index in [1.165, 1.54) is 12.0 Å². The standard InChI is InChI=1S/C12H15NO3S/c1-13(8-11(14)16-2)12(15)9-4-6-10(17-3)7-5-9/h4-7H,8H2,1-3H3. The summed E-state index contributed by atoms with van der Waals surface area (Å²) in [7, 11) is 2.87. The van der Waals surface area contributed by atoms with Gasteiger partial charge in [0.05, 0.1) is 7.11 Å². The van der Waals surface area contributed by atoms with Gasteiger partial charge in [-0.15, -0.1) is 11.8 Å². The minimum Gasteiger partial charge on any atom is -0.468 e.